The Bertz CT molecular complexity index is 3780. The molecule has 0 aliphatic carbocycles. The van der Waals surface area contributed by atoms with Gasteiger partial charge in [-0.25, -0.2) is 0 Å². The van der Waals surface area contributed by atoms with Crippen molar-refractivity contribution in [3.63, 3.8) is 0 Å². The van der Waals surface area contributed by atoms with Crippen LogP contribution in [0.25, 0.3) is 43.8 Å². The van der Waals surface area contributed by atoms with Gasteiger partial charge in [-0.2, -0.15) is 0 Å². The first-order valence-electron chi connectivity index (χ1n) is 25.2. The summed E-state index contributed by atoms with van der Waals surface area (Å²) in [5.41, 5.74) is 7.04. The van der Waals surface area contributed by atoms with E-state index in [1.54, 1.807) is 12.1 Å². The molecule has 0 amide bonds. The maximum absolute atomic E-state index is 9.25. The van der Waals surface area contributed by atoms with Gasteiger partial charge in [0.1, 0.15) is 11.2 Å². The van der Waals surface area contributed by atoms with E-state index in [1.165, 1.54) is 4.90 Å². The first-order chi connectivity index (χ1) is 34.9. The molecule has 0 bridgehead atoms. The summed E-state index contributed by atoms with van der Waals surface area (Å²) in [5, 5.41) is 3.98. The predicted octanol–water partition coefficient (Wildman–Crippen LogP) is 16.8. The van der Waals surface area contributed by atoms with E-state index in [-0.39, 0.29) is 5.69 Å². The third-order valence-corrected chi connectivity index (χ3v) is 10.9. The van der Waals surface area contributed by atoms with Crippen LogP contribution in [0.15, 0.2) is 253 Å². The van der Waals surface area contributed by atoms with Gasteiger partial charge in [0.2, 0.25) is 0 Å². The minimum atomic E-state index is -0.652. The summed E-state index contributed by atoms with van der Waals surface area (Å²) in [7, 11) is 0. The quantitative estimate of drug-likeness (QED) is 0.137. The molecule has 0 radical (unpaired) electrons. The van der Waals surface area contributed by atoms with Crippen LogP contribution >= 0.6 is 0 Å². The fraction of sp³-hybridized carbons (Fsp3) is 0. The fourth-order valence-corrected chi connectivity index (χ4v) is 8.12. The van der Waals surface area contributed by atoms with Crippen molar-refractivity contribution >= 4 is 83.9 Å². The number of rotatable bonds is 10. The molecule has 0 saturated heterocycles. The van der Waals surface area contributed by atoms with Crippen molar-refractivity contribution in [3.05, 3.63) is 248 Å². The Morgan fingerprint density at radius 1 is 0.290 bits per heavy atom. The number of hydrogen-bond donors (Lipinski definition) is 0. The van der Waals surface area contributed by atoms with Gasteiger partial charge in [-0.3, -0.25) is 0 Å². The van der Waals surface area contributed by atoms with Crippen molar-refractivity contribution in [2.24, 2.45) is 0 Å². The molecule has 4 nitrogen and oxygen atoms in total. The molecule has 0 unspecified atom stereocenters. The third kappa shape index (κ3) is 7.00. The Morgan fingerprint density at radius 2 is 0.774 bits per heavy atom. The number of benzene rings is 10. The number of para-hydroxylation sites is 5. The second-order valence-corrected chi connectivity index (χ2v) is 14.7. The van der Waals surface area contributed by atoms with Gasteiger partial charge in [0, 0.05) is 62.0 Å². The van der Waals surface area contributed by atoms with Crippen LogP contribution in [0.4, 0.5) is 51.2 Å². The largest absolute Gasteiger partial charge is 0.456 e. The average Bonchev–Trinajstić information content (AvgIpc) is 3.79. The second-order valence-electron chi connectivity index (χ2n) is 14.7. The summed E-state index contributed by atoms with van der Waals surface area (Å²) >= 11 is 0. The highest BCUT2D eigenvalue weighted by atomic mass is 16.3. The molecule has 294 valence electrons. The van der Waals surface area contributed by atoms with Gasteiger partial charge in [-0.15, -0.1) is 0 Å². The van der Waals surface area contributed by atoms with Crippen LogP contribution in [-0.4, -0.2) is 0 Å². The second kappa shape index (κ2) is 16.0. The van der Waals surface area contributed by atoms with Crippen LogP contribution in [0.5, 0.6) is 0 Å². The predicted molar refractivity (Wildman–Crippen MR) is 261 cm³/mol. The Morgan fingerprint density at radius 3 is 1.44 bits per heavy atom. The summed E-state index contributed by atoms with van der Waals surface area (Å²) in [6.07, 6.45) is 0. The normalized spacial score (nSPS) is 13.5. The maximum atomic E-state index is 9.25. The van der Waals surface area contributed by atoms with Gasteiger partial charge < -0.3 is 19.1 Å². The lowest BCUT2D eigenvalue weighted by Crippen LogP contribution is -2.13. The standard InChI is InChI=1S/C58H41N3O/c1-5-19-46(20-6-1)59(52-35-36-58-56(41-52)55-27-15-16-28-57(55)62-58)50-32-29-43(30-33-50)45-38-53(60(47-21-7-2-8-22-47)48-23-9-3-10-24-48)40-54(39-45)61(49-25-11-4-12-26-49)51-34-31-42-17-13-14-18-44(42)37-51/h1-41H/i2D,3D,7D,8D,9D,10D,21D,22D,23D,24D. The van der Waals surface area contributed by atoms with E-state index in [4.69, 9.17) is 12.6 Å². The summed E-state index contributed by atoms with van der Waals surface area (Å²) in [4.78, 5) is 5.39. The molecule has 0 aliphatic heterocycles. The van der Waals surface area contributed by atoms with E-state index >= 15 is 0 Å². The number of anilines is 9. The number of hydrogen-bond acceptors (Lipinski definition) is 4. The van der Waals surface area contributed by atoms with E-state index in [2.05, 4.69) is 17.0 Å². The summed E-state index contributed by atoms with van der Waals surface area (Å²) in [6.45, 7) is 0. The Hall–Kier alpha value is -8.34. The Balaban J connectivity index is 1.16. The van der Waals surface area contributed by atoms with Crippen LogP contribution in [0.1, 0.15) is 13.7 Å². The van der Waals surface area contributed by atoms with Gasteiger partial charge in [0.15, 0.2) is 0 Å². The average molecular weight is 806 g/mol. The molecule has 11 rings (SSSR count). The Kier molecular flexibility index (Phi) is 7.09. The fourth-order valence-electron chi connectivity index (χ4n) is 8.12. The Labute approximate surface area is 375 Å². The molecule has 11 aromatic rings. The van der Waals surface area contributed by atoms with Crippen molar-refractivity contribution in [1.82, 2.24) is 0 Å². The number of nitrogens with zero attached hydrogens (tertiary/aromatic N) is 3. The first-order valence-corrected chi connectivity index (χ1v) is 20.2. The molecular formula is C58H41N3O. The van der Waals surface area contributed by atoms with Crippen LogP contribution < -0.4 is 14.7 Å². The van der Waals surface area contributed by atoms with Crippen molar-refractivity contribution in [1.29, 1.82) is 0 Å². The number of furan rings is 1. The molecular weight excluding hydrogens is 755 g/mol. The number of fused-ring (bicyclic) bond motifs is 4. The first kappa shape index (κ1) is 27.4. The van der Waals surface area contributed by atoms with Crippen molar-refractivity contribution in [2.45, 2.75) is 0 Å². The molecule has 4 heteroatoms. The van der Waals surface area contributed by atoms with E-state index in [9.17, 15) is 5.48 Å². The highest BCUT2D eigenvalue weighted by Crippen LogP contribution is 2.45. The topological polar surface area (TPSA) is 22.9 Å². The van der Waals surface area contributed by atoms with Gasteiger partial charge >= 0.3 is 0 Å². The summed E-state index contributed by atoms with van der Waals surface area (Å²) in [6, 6.07) is 54.9. The lowest BCUT2D eigenvalue weighted by atomic mass is 10.0. The van der Waals surface area contributed by atoms with Crippen molar-refractivity contribution < 1.29 is 18.1 Å². The molecule has 0 spiro atoms. The maximum Gasteiger partial charge on any atom is 0.135 e. The van der Waals surface area contributed by atoms with Gasteiger partial charge in [0.25, 0.3) is 0 Å². The minimum absolute atomic E-state index is 0.164. The monoisotopic (exact) mass is 805 g/mol. The van der Waals surface area contributed by atoms with E-state index in [0.717, 1.165) is 66.7 Å². The lowest BCUT2D eigenvalue weighted by molar-refractivity contribution is 0.669. The van der Waals surface area contributed by atoms with Crippen LogP contribution in [-0.2, 0) is 0 Å². The van der Waals surface area contributed by atoms with Crippen molar-refractivity contribution in [2.75, 3.05) is 14.7 Å². The third-order valence-electron chi connectivity index (χ3n) is 10.9. The molecule has 1 heterocycles. The highest BCUT2D eigenvalue weighted by molar-refractivity contribution is 6.06. The molecule has 0 atom stereocenters. The summed E-state index contributed by atoms with van der Waals surface area (Å²) in [5.74, 6) is 0. The molecule has 1 aromatic heterocycles. The summed E-state index contributed by atoms with van der Waals surface area (Å²) < 4.78 is 95.2. The molecule has 0 N–H and O–H groups in total. The molecule has 62 heavy (non-hydrogen) atoms. The zero-order valence-corrected chi connectivity index (χ0v) is 33.1. The lowest BCUT2D eigenvalue weighted by Gasteiger charge is -2.30. The van der Waals surface area contributed by atoms with Gasteiger partial charge in [0.05, 0.1) is 13.7 Å². The zero-order chi connectivity index (χ0) is 49.9. The van der Waals surface area contributed by atoms with Crippen LogP contribution in [0.2, 0.25) is 0 Å². The minimum Gasteiger partial charge on any atom is -0.456 e. The van der Waals surface area contributed by atoms with E-state index in [0.29, 0.717) is 11.3 Å². The molecule has 0 aliphatic rings. The van der Waals surface area contributed by atoms with Crippen LogP contribution in [0.3, 0.4) is 0 Å². The smallest absolute Gasteiger partial charge is 0.135 e. The van der Waals surface area contributed by atoms with Gasteiger partial charge in [-0.05, 0) is 137 Å². The van der Waals surface area contributed by atoms with Gasteiger partial charge in [-0.1, -0.05) is 133 Å². The zero-order valence-electron chi connectivity index (χ0n) is 43.1. The highest BCUT2D eigenvalue weighted by Gasteiger charge is 2.21. The van der Waals surface area contributed by atoms with Crippen LogP contribution in [0, 0.1) is 0 Å². The van der Waals surface area contributed by atoms with E-state index in [1.807, 2.05) is 169 Å². The molecule has 0 saturated carbocycles. The SMILES string of the molecule is [2H]c1c([2H])c([2H])c(N(c2cc(-c3ccc(N(c4ccccc4)c4ccc5oc6ccccc6c5c4)cc3)cc(N(c3ccccc3)c3ccc4ccccc4c3)c2)c2c([2H])c([2H])c([2H])c([2H])c2[2H])c([2H])c1[2H]. The molecule has 10 aromatic carbocycles. The van der Waals surface area contributed by atoms with Crippen molar-refractivity contribution in [3.8, 4) is 11.1 Å². The molecule has 0 fully saturated rings. The van der Waals surface area contributed by atoms with E-state index < -0.39 is 71.8 Å².